The fourth-order valence-corrected chi connectivity index (χ4v) is 5.46. The topological polar surface area (TPSA) is 49.4 Å². The number of piperidine rings is 1. The van der Waals surface area contributed by atoms with Crippen LogP contribution in [0, 0.1) is 5.92 Å². The van der Waals surface area contributed by atoms with Gasteiger partial charge in [0, 0.05) is 17.6 Å². The highest BCUT2D eigenvalue weighted by Gasteiger charge is 2.21. The van der Waals surface area contributed by atoms with Crippen molar-refractivity contribution in [2.45, 2.75) is 30.7 Å². The van der Waals surface area contributed by atoms with Crippen LogP contribution in [0.25, 0.3) is 0 Å². The second-order valence-electron chi connectivity index (χ2n) is 6.82. The van der Waals surface area contributed by atoms with Crippen molar-refractivity contribution in [1.82, 2.24) is 9.62 Å². The van der Waals surface area contributed by atoms with Crippen molar-refractivity contribution in [3.63, 3.8) is 0 Å². The molecular formula is C20H25BrN2O2S. The van der Waals surface area contributed by atoms with E-state index >= 15 is 0 Å². The summed E-state index contributed by atoms with van der Waals surface area (Å²) in [5, 5.41) is 0. The van der Waals surface area contributed by atoms with E-state index in [1.54, 1.807) is 18.2 Å². The predicted molar refractivity (Wildman–Crippen MR) is 108 cm³/mol. The molecule has 6 heteroatoms. The third kappa shape index (κ3) is 5.39. The first kappa shape index (κ1) is 19.5. The minimum Gasteiger partial charge on any atom is -0.299 e. The number of hydrogen-bond donors (Lipinski definition) is 1. The molecule has 140 valence electrons. The monoisotopic (exact) mass is 436 g/mol. The van der Waals surface area contributed by atoms with Gasteiger partial charge in [-0.25, -0.2) is 13.1 Å². The van der Waals surface area contributed by atoms with E-state index in [4.69, 9.17) is 0 Å². The molecule has 3 rings (SSSR count). The van der Waals surface area contributed by atoms with Gasteiger partial charge in [-0.15, -0.1) is 0 Å². The molecule has 0 unspecified atom stereocenters. The molecule has 0 aliphatic carbocycles. The van der Waals surface area contributed by atoms with Gasteiger partial charge in [-0.3, -0.25) is 4.90 Å². The lowest BCUT2D eigenvalue weighted by atomic mass is 9.93. The van der Waals surface area contributed by atoms with Gasteiger partial charge < -0.3 is 0 Å². The minimum absolute atomic E-state index is 0.303. The number of nitrogens with one attached hydrogen (secondary N) is 1. The standard InChI is InChI=1S/C20H25BrN2O2S/c21-19-8-4-5-9-20(19)26(24,25)22-13-10-17-11-14-23(15-12-17)16-18-6-2-1-3-7-18/h1-9,17,22H,10-16H2. The SMILES string of the molecule is O=S(=O)(NCCC1CCN(Cc2ccccc2)CC1)c1ccccc1Br. The molecule has 0 aromatic heterocycles. The Labute approximate surface area is 164 Å². The number of rotatable bonds is 7. The zero-order chi connectivity index (χ0) is 18.4. The van der Waals surface area contributed by atoms with Gasteiger partial charge in [0.25, 0.3) is 0 Å². The highest BCUT2D eigenvalue weighted by atomic mass is 79.9. The summed E-state index contributed by atoms with van der Waals surface area (Å²) in [6.07, 6.45) is 3.15. The zero-order valence-corrected chi connectivity index (χ0v) is 17.2. The second-order valence-corrected chi connectivity index (χ2v) is 9.41. The maximum absolute atomic E-state index is 12.4. The van der Waals surface area contributed by atoms with E-state index in [0.717, 1.165) is 38.9 Å². The molecule has 0 amide bonds. The molecule has 0 radical (unpaired) electrons. The third-order valence-electron chi connectivity index (χ3n) is 4.93. The van der Waals surface area contributed by atoms with Crippen LogP contribution in [0.15, 0.2) is 64.0 Å². The summed E-state index contributed by atoms with van der Waals surface area (Å²) in [7, 11) is -3.45. The van der Waals surface area contributed by atoms with Gasteiger partial charge in [0.05, 0.1) is 4.90 Å². The molecule has 0 bridgehead atoms. The zero-order valence-electron chi connectivity index (χ0n) is 14.8. The third-order valence-corrected chi connectivity index (χ3v) is 7.40. The lowest BCUT2D eigenvalue weighted by Crippen LogP contribution is -2.34. The van der Waals surface area contributed by atoms with Crippen molar-refractivity contribution in [3.05, 3.63) is 64.6 Å². The summed E-state index contributed by atoms with van der Waals surface area (Å²) >= 11 is 3.31. The highest BCUT2D eigenvalue weighted by Crippen LogP contribution is 2.23. The van der Waals surface area contributed by atoms with E-state index in [1.807, 2.05) is 12.1 Å². The Balaban J connectivity index is 1.42. The summed E-state index contributed by atoms with van der Waals surface area (Å²) in [6.45, 7) is 3.66. The molecule has 26 heavy (non-hydrogen) atoms. The van der Waals surface area contributed by atoms with Gasteiger partial charge in [-0.1, -0.05) is 42.5 Å². The van der Waals surface area contributed by atoms with Crippen LogP contribution in [-0.2, 0) is 16.6 Å². The molecule has 1 fully saturated rings. The Kier molecular flexibility index (Phi) is 6.86. The van der Waals surface area contributed by atoms with Crippen LogP contribution < -0.4 is 4.72 Å². The number of nitrogens with zero attached hydrogens (tertiary/aromatic N) is 1. The van der Waals surface area contributed by atoms with Crippen molar-refractivity contribution < 1.29 is 8.42 Å². The predicted octanol–water partition coefficient (Wildman–Crippen LogP) is 4.03. The Morgan fingerprint density at radius 2 is 1.65 bits per heavy atom. The lowest BCUT2D eigenvalue weighted by Gasteiger charge is -2.32. The van der Waals surface area contributed by atoms with Gasteiger partial charge in [-0.2, -0.15) is 0 Å². The first-order chi connectivity index (χ1) is 12.5. The first-order valence-corrected chi connectivity index (χ1v) is 11.3. The van der Waals surface area contributed by atoms with Gasteiger partial charge in [0.1, 0.15) is 0 Å². The minimum atomic E-state index is -3.45. The maximum atomic E-state index is 12.4. The number of likely N-dealkylation sites (tertiary alicyclic amines) is 1. The Morgan fingerprint density at radius 3 is 2.35 bits per heavy atom. The molecule has 0 spiro atoms. The molecule has 2 aromatic carbocycles. The number of hydrogen-bond acceptors (Lipinski definition) is 3. The van der Waals surface area contributed by atoms with Crippen LogP contribution >= 0.6 is 15.9 Å². The smallest absolute Gasteiger partial charge is 0.241 e. The van der Waals surface area contributed by atoms with Gasteiger partial charge >= 0.3 is 0 Å². The van der Waals surface area contributed by atoms with Gasteiger partial charge in [0.2, 0.25) is 10.0 Å². The average Bonchev–Trinajstić information content (AvgIpc) is 2.64. The summed E-state index contributed by atoms with van der Waals surface area (Å²) in [5.74, 6) is 0.587. The van der Waals surface area contributed by atoms with Crippen molar-refractivity contribution >= 4 is 26.0 Å². The van der Waals surface area contributed by atoms with Crippen molar-refractivity contribution in [2.75, 3.05) is 19.6 Å². The van der Waals surface area contributed by atoms with Crippen molar-refractivity contribution in [2.24, 2.45) is 5.92 Å². The quantitative estimate of drug-likeness (QED) is 0.712. The summed E-state index contributed by atoms with van der Waals surface area (Å²) in [6, 6.07) is 17.5. The van der Waals surface area contributed by atoms with E-state index < -0.39 is 10.0 Å². The fraction of sp³-hybridized carbons (Fsp3) is 0.400. The van der Waals surface area contributed by atoms with E-state index in [1.165, 1.54) is 5.56 Å². The molecule has 1 saturated heterocycles. The molecule has 1 N–H and O–H groups in total. The molecule has 1 aliphatic heterocycles. The molecular weight excluding hydrogens is 412 g/mol. The number of sulfonamides is 1. The summed E-state index contributed by atoms with van der Waals surface area (Å²) in [5.41, 5.74) is 1.35. The Morgan fingerprint density at radius 1 is 1.00 bits per heavy atom. The van der Waals surface area contributed by atoms with E-state index in [0.29, 0.717) is 21.8 Å². The highest BCUT2D eigenvalue weighted by molar-refractivity contribution is 9.10. The van der Waals surface area contributed by atoms with Crippen LogP contribution in [0.3, 0.4) is 0 Å². The second kappa shape index (κ2) is 9.13. The molecule has 0 saturated carbocycles. The first-order valence-electron chi connectivity index (χ1n) is 9.05. The number of halogens is 1. The largest absolute Gasteiger partial charge is 0.299 e. The molecule has 2 aromatic rings. The average molecular weight is 437 g/mol. The Hall–Kier alpha value is -1.21. The lowest BCUT2D eigenvalue weighted by molar-refractivity contribution is 0.173. The maximum Gasteiger partial charge on any atom is 0.241 e. The van der Waals surface area contributed by atoms with Crippen molar-refractivity contribution in [3.8, 4) is 0 Å². The van der Waals surface area contributed by atoms with Crippen LogP contribution in [0.4, 0.5) is 0 Å². The van der Waals surface area contributed by atoms with Crippen LogP contribution in [0.2, 0.25) is 0 Å². The molecule has 4 nitrogen and oxygen atoms in total. The number of benzene rings is 2. The fourth-order valence-electron chi connectivity index (χ4n) is 3.41. The molecule has 1 heterocycles. The van der Waals surface area contributed by atoms with Crippen LogP contribution in [0.5, 0.6) is 0 Å². The van der Waals surface area contributed by atoms with Crippen molar-refractivity contribution in [1.29, 1.82) is 0 Å². The van der Waals surface area contributed by atoms with E-state index in [2.05, 4.69) is 49.8 Å². The van der Waals surface area contributed by atoms with Crippen LogP contribution in [-0.4, -0.2) is 33.0 Å². The summed E-state index contributed by atoms with van der Waals surface area (Å²) < 4.78 is 28.1. The van der Waals surface area contributed by atoms with Gasteiger partial charge in [0.15, 0.2) is 0 Å². The summed E-state index contributed by atoms with van der Waals surface area (Å²) in [4.78, 5) is 2.79. The van der Waals surface area contributed by atoms with Crippen LogP contribution in [0.1, 0.15) is 24.8 Å². The van der Waals surface area contributed by atoms with Gasteiger partial charge in [-0.05, 0) is 71.9 Å². The Bertz CT molecular complexity index is 804. The van der Waals surface area contributed by atoms with E-state index in [9.17, 15) is 8.42 Å². The molecule has 1 aliphatic rings. The normalized spacial score (nSPS) is 16.7. The van der Waals surface area contributed by atoms with E-state index in [-0.39, 0.29) is 0 Å². The molecule has 0 atom stereocenters.